The molecule has 0 radical (unpaired) electrons. The minimum Gasteiger partial charge on any atom is -0.340 e. The number of likely N-dealkylation sites (tertiary alicyclic amines) is 5. The molecule has 5 rings (SSSR count). The molecule has 5 amide bonds. The third-order valence-corrected chi connectivity index (χ3v) is 10.3. The van der Waals surface area contributed by atoms with E-state index in [1.807, 2.05) is 24.5 Å². The van der Waals surface area contributed by atoms with Crippen LogP contribution >= 0.6 is 0 Å². The fourth-order valence-corrected chi connectivity index (χ4v) is 8.16. The Labute approximate surface area is 244 Å². The van der Waals surface area contributed by atoms with E-state index in [1.165, 1.54) is 0 Å². The van der Waals surface area contributed by atoms with E-state index in [-0.39, 0.29) is 59.7 Å². The number of carbonyl (C=O) groups is 5. The standard InChI is InChI=1S/C31H49N5O5/c1-22(32-13-3-8-27(32)37)18-24(34-15-5-10-29(34)39)20-26(36-17-7-12-31(36)41)21-25(35-16-6-11-30(35)40)19-23(2)33-14-4-9-28(33)38/h22-26H,3-21H2,1-2H3/t22-,23-,24-,25+,26?/m1/s1. The van der Waals surface area contributed by atoms with E-state index in [0.29, 0.717) is 77.4 Å². The molecule has 0 aliphatic carbocycles. The lowest BCUT2D eigenvalue weighted by Crippen LogP contribution is -2.51. The molecule has 5 saturated heterocycles. The van der Waals surface area contributed by atoms with Gasteiger partial charge in [0.15, 0.2) is 0 Å². The van der Waals surface area contributed by atoms with Gasteiger partial charge < -0.3 is 24.5 Å². The van der Waals surface area contributed by atoms with Gasteiger partial charge in [0.05, 0.1) is 0 Å². The lowest BCUT2D eigenvalue weighted by molar-refractivity contribution is -0.132. The molecule has 5 heterocycles. The van der Waals surface area contributed by atoms with Gasteiger partial charge in [-0.3, -0.25) is 24.0 Å². The highest BCUT2D eigenvalue weighted by Crippen LogP contribution is 2.32. The summed E-state index contributed by atoms with van der Waals surface area (Å²) in [4.78, 5) is 74.2. The van der Waals surface area contributed by atoms with Crippen molar-refractivity contribution in [1.82, 2.24) is 24.5 Å². The first kappa shape index (κ1) is 29.8. The topological polar surface area (TPSA) is 102 Å². The molecule has 0 saturated carbocycles. The Morgan fingerprint density at radius 2 is 0.659 bits per heavy atom. The van der Waals surface area contributed by atoms with E-state index in [4.69, 9.17) is 0 Å². The van der Waals surface area contributed by atoms with Gasteiger partial charge in [-0.2, -0.15) is 0 Å². The smallest absolute Gasteiger partial charge is 0.222 e. The van der Waals surface area contributed by atoms with Crippen LogP contribution in [0.4, 0.5) is 0 Å². The van der Waals surface area contributed by atoms with Gasteiger partial charge in [-0.25, -0.2) is 0 Å². The highest BCUT2D eigenvalue weighted by molar-refractivity contribution is 5.80. The Bertz CT molecular complexity index is 953. The first-order chi connectivity index (χ1) is 19.7. The number of hydrogen-bond donors (Lipinski definition) is 0. The van der Waals surface area contributed by atoms with Crippen LogP contribution in [-0.2, 0) is 24.0 Å². The summed E-state index contributed by atoms with van der Waals surface area (Å²) in [7, 11) is 0. The van der Waals surface area contributed by atoms with E-state index in [2.05, 4.69) is 13.8 Å². The molecule has 5 aliphatic heterocycles. The molecule has 10 heteroatoms. The summed E-state index contributed by atoms with van der Waals surface area (Å²) in [6, 6.07) is -0.200. The summed E-state index contributed by atoms with van der Waals surface area (Å²) < 4.78 is 0. The van der Waals surface area contributed by atoms with Crippen molar-refractivity contribution in [3.8, 4) is 0 Å². The Balaban J connectivity index is 1.39. The van der Waals surface area contributed by atoms with Gasteiger partial charge in [-0.05, 0) is 71.6 Å². The monoisotopic (exact) mass is 571 g/mol. The molecule has 0 bridgehead atoms. The molecule has 5 aliphatic rings. The zero-order valence-electron chi connectivity index (χ0n) is 25.1. The van der Waals surface area contributed by atoms with Crippen LogP contribution in [0.15, 0.2) is 0 Å². The molecule has 228 valence electrons. The van der Waals surface area contributed by atoms with Crippen molar-refractivity contribution in [3.05, 3.63) is 0 Å². The number of nitrogens with zero attached hydrogens (tertiary/aromatic N) is 5. The molecule has 0 N–H and O–H groups in total. The van der Waals surface area contributed by atoms with Crippen LogP contribution in [0.25, 0.3) is 0 Å². The van der Waals surface area contributed by atoms with Crippen LogP contribution < -0.4 is 0 Å². The summed E-state index contributed by atoms with van der Waals surface area (Å²) in [6.45, 7) is 7.84. The minimum absolute atomic E-state index is 0.0236. The lowest BCUT2D eigenvalue weighted by Gasteiger charge is -2.41. The second-order valence-electron chi connectivity index (χ2n) is 13.1. The van der Waals surface area contributed by atoms with E-state index >= 15 is 0 Å². The van der Waals surface area contributed by atoms with E-state index < -0.39 is 0 Å². The van der Waals surface area contributed by atoms with Crippen molar-refractivity contribution in [3.63, 3.8) is 0 Å². The van der Waals surface area contributed by atoms with Gasteiger partial charge in [0, 0.05) is 95.0 Å². The van der Waals surface area contributed by atoms with Gasteiger partial charge >= 0.3 is 0 Å². The first-order valence-corrected chi connectivity index (χ1v) is 16.2. The minimum atomic E-state index is -0.107. The average Bonchev–Trinajstić information content (AvgIpc) is 3.76. The van der Waals surface area contributed by atoms with Gasteiger partial charge in [0.1, 0.15) is 0 Å². The first-order valence-electron chi connectivity index (χ1n) is 16.2. The number of carbonyl (C=O) groups excluding carboxylic acids is 5. The average molecular weight is 572 g/mol. The maximum absolute atomic E-state index is 13.2. The Hall–Kier alpha value is -2.65. The van der Waals surface area contributed by atoms with Crippen molar-refractivity contribution in [2.45, 2.75) is 134 Å². The zero-order valence-corrected chi connectivity index (χ0v) is 25.1. The van der Waals surface area contributed by atoms with Crippen LogP contribution in [0.5, 0.6) is 0 Å². The maximum Gasteiger partial charge on any atom is 0.222 e. The third-order valence-electron chi connectivity index (χ3n) is 10.3. The Morgan fingerprint density at radius 1 is 0.415 bits per heavy atom. The molecule has 1 unspecified atom stereocenters. The quantitative estimate of drug-likeness (QED) is 0.338. The molecule has 10 nitrogen and oxygen atoms in total. The van der Waals surface area contributed by atoms with Gasteiger partial charge in [0.25, 0.3) is 0 Å². The highest BCUT2D eigenvalue weighted by atomic mass is 16.2. The van der Waals surface area contributed by atoms with Crippen LogP contribution in [0.3, 0.4) is 0 Å². The largest absolute Gasteiger partial charge is 0.340 e. The van der Waals surface area contributed by atoms with Crippen molar-refractivity contribution in [2.24, 2.45) is 0 Å². The second kappa shape index (κ2) is 13.1. The van der Waals surface area contributed by atoms with Crippen LogP contribution in [-0.4, -0.2) is 117 Å². The van der Waals surface area contributed by atoms with Gasteiger partial charge in [-0.15, -0.1) is 0 Å². The zero-order chi connectivity index (χ0) is 29.1. The highest BCUT2D eigenvalue weighted by Gasteiger charge is 2.40. The number of amides is 5. The lowest BCUT2D eigenvalue weighted by atomic mass is 9.90. The Kier molecular flexibility index (Phi) is 9.54. The summed E-state index contributed by atoms with van der Waals surface area (Å²) >= 11 is 0. The SMILES string of the molecule is C[C@H](C[C@@H](CC(C[C@@H](C[C@@H](C)N1CCCC1=O)N1CCCC1=O)N1CCCC1=O)N1CCCC1=O)N1CCCC1=O. The van der Waals surface area contributed by atoms with Crippen LogP contribution in [0.1, 0.15) is 104 Å². The fraction of sp³-hybridized carbons (Fsp3) is 0.839. The van der Waals surface area contributed by atoms with E-state index in [1.54, 1.807) is 0 Å². The predicted molar refractivity (Wildman–Crippen MR) is 153 cm³/mol. The third kappa shape index (κ3) is 6.72. The molecular weight excluding hydrogens is 522 g/mol. The predicted octanol–water partition coefficient (Wildman–Crippen LogP) is 2.54. The maximum atomic E-state index is 13.2. The number of rotatable bonds is 13. The molecule has 0 aromatic heterocycles. The van der Waals surface area contributed by atoms with Crippen molar-refractivity contribution >= 4 is 29.5 Å². The fourth-order valence-electron chi connectivity index (χ4n) is 8.16. The molecule has 0 spiro atoms. The molecule has 41 heavy (non-hydrogen) atoms. The van der Waals surface area contributed by atoms with Crippen molar-refractivity contribution in [2.75, 3.05) is 32.7 Å². The Morgan fingerprint density at radius 3 is 0.902 bits per heavy atom. The molecular formula is C31H49N5O5. The molecule has 5 fully saturated rings. The summed E-state index contributed by atoms with van der Waals surface area (Å²) in [5.74, 6) is 0.850. The van der Waals surface area contributed by atoms with Crippen molar-refractivity contribution in [1.29, 1.82) is 0 Å². The molecule has 5 atom stereocenters. The van der Waals surface area contributed by atoms with E-state index in [0.717, 1.165) is 45.2 Å². The second-order valence-corrected chi connectivity index (χ2v) is 13.1. The normalized spacial score (nSPS) is 25.7. The van der Waals surface area contributed by atoms with Gasteiger partial charge in [-0.1, -0.05) is 0 Å². The van der Waals surface area contributed by atoms with Gasteiger partial charge in [0.2, 0.25) is 29.5 Å². The number of hydrogen-bond acceptors (Lipinski definition) is 5. The van der Waals surface area contributed by atoms with Crippen LogP contribution in [0, 0.1) is 0 Å². The molecule has 0 aromatic rings. The van der Waals surface area contributed by atoms with E-state index in [9.17, 15) is 24.0 Å². The van der Waals surface area contributed by atoms with Crippen molar-refractivity contribution < 1.29 is 24.0 Å². The summed E-state index contributed by atoms with van der Waals surface area (Å²) in [5, 5.41) is 0. The summed E-state index contributed by atoms with van der Waals surface area (Å²) in [6.07, 6.45) is 9.77. The molecule has 0 aromatic carbocycles. The van der Waals surface area contributed by atoms with Crippen LogP contribution in [0.2, 0.25) is 0 Å². The summed E-state index contributed by atoms with van der Waals surface area (Å²) in [5.41, 5.74) is 0.